The van der Waals surface area contributed by atoms with Gasteiger partial charge >= 0.3 is 7.12 Å². The highest BCUT2D eigenvalue weighted by molar-refractivity contribution is 6.52. The van der Waals surface area contributed by atoms with Gasteiger partial charge in [-0.3, -0.25) is 0 Å². The van der Waals surface area contributed by atoms with E-state index < -0.39 is 7.12 Å². The van der Waals surface area contributed by atoms with Crippen molar-refractivity contribution in [1.82, 2.24) is 29.1 Å². The summed E-state index contributed by atoms with van der Waals surface area (Å²) in [7, 11) is 3.64. The molecule has 0 radical (unpaired) electrons. The molecule has 0 fully saturated rings. The average molecular weight is 471 g/mol. The van der Waals surface area contributed by atoms with E-state index in [1.165, 1.54) is 0 Å². The molecule has 0 aromatic carbocycles. The predicted molar refractivity (Wildman–Crippen MR) is 135 cm³/mol. The first kappa shape index (κ1) is 26.2. The first-order chi connectivity index (χ1) is 15.9. The minimum atomic E-state index is -1.50. The van der Waals surface area contributed by atoms with Crippen molar-refractivity contribution < 1.29 is 14.2 Å². The monoisotopic (exact) mass is 471 g/mol. The van der Waals surface area contributed by atoms with Gasteiger partial charge in [0.25, 0.3) is 0 Å². The number of hydrogen-bond donors (Lipinski definition) is 0. The van der Waals surface area contributed by atoms with Crippen LogP contribution in [0, 0.1) is 0 Å². The van der Waals surface area contributed by atoms with Gasteiger partial charge in [0.2, 0.25) is 0 Å². The fourth-order valence-electron chi connectivity index (χ4n) is 4.39. The Hall–Kier alpha value is -2.43. The van der Waals surface area contributed by atoms with Gasteiger partial charge in [0, 0.05) is 37.6 Å². The summed E-state index contributed by atoms with van der Waals surface area (Å²) >= 11 is 0. The van der Waals surface area contributed by atoms with E-state index in [-0.39, 0.29) is 16.2 Å². The first-order valence-electron chi connectivity index (χ1n) is 11.8. The predicted octanol–water partition coefficient (Wildman–Crippen LogP) is 2.71. The van der Waals surface area contributed by atoms with Crippen LogP contribution < -0.4 is 0 Å². The fourth-order valence-corrected chi connectivity index (χ4v) is 4.39. The van der Waals surface area contributed by atoms with Crippen LogP contribution in [0.2, 0.25) is 0 Å². The largest absolute Gasteiger partial charge is 0.403 e. The van der Waals surface area contributed by atoms with E-state index in [2.05, 4.69) is 59.7 Å². The second kappa shape index (κ2) is 10.1. The van der Waals surface area contributed by atoms with E-state index in [1.807, 2.05) is 32.4 Å². The average Bonchev–Trinajstić information content (AvgIpc) is 3.50. The number of aromatic nitrogens is 6. The van der Waals surface area contributed by atoms with Crippen molar-refractivity contribution in [2.24, 2.45) is 0 Å². The normalized spacial score (nSPS) is 13.2. The summed E-state index contributed by atoms with van der Waals surface area (Å²) in [6, 6.07) is 6.16. The Morgan fingerprint density at radius 2 is 0.853 bits per heavy atom. The van der Waals surface area contributed by atoms with Crippen LogP contribution >= 0.6 is 0 Å². The fraction of sp³-hybridized carbons (Fsp3) is 0.625. The molecular weight excluding hydrogens is 431 g/mol. The van der Waals surface area contributed by atoms with E-state index in [1.54, 1.807) is 21.3 Å². The van der Waals surface area contributed by atoms with Crippen molar-refractivity contribution in [2.45, 2.75) is 57.8 Å². The maximum Gasteiger partial charge on any atom is 0.326 e. The molecule has 34 heavy (non-hydrogen) atoms. The van der Waals surface area contributed by atoms with E-state index in [9.17, 15) is 0 Å². The lowest BCUT2D eigenvalue weighted by Gasteiger charge is -2.29. The minimum absolute atomic E-state index is 0.213. The Balaban J connectivity index is 2.07. The van der Waals surface area contributed by atoms with Crippen molar-refractivity contribution in [3.8, 4) is 0 Å². The summed E-state index contributed by atoms with van der Waals surface area (Å²) in [6.45, 7) is 14.5. The van der Waals surface area contributed by atoms with Crippen molar-refractivity contribution in [3.05, 3.63) is 53.9 Å². The molecule has 0 unspecified atom stereocenters. The molecule has 0 aliphatic carbocycles. The van der Waals surface area contributed by atoms with E-state index >= 15 is 0 Å². The van der Waals surface area contributed by atoms with Crippen LogP contribution in [0.15, 0.2) is 36.8 Å². The zero-order valence-corrected chi connectivity index (χ0v) is 22.2. The molecule has 3 heterocycles. The van der Waals surface area contributed by atoms with Gasteiger partial charge in [-0.15, -0.1) is 0 Å². The molecule has 3 aromatic rings. The highest BCUT2D eigenvalue weighted by Crippen LogP contribution is 2.25. The molecule has 0 N–H and O–H groups in total. The zero-order valence-electron chi connectivity index (χ0n) is 22.2. The molecule has 0 bridgehead atoms. The maximum absolute atomic E-state index is 5.43. The van der Waals surface area contributed by atoms with Gasteiger partial charge in [0.1, 0.15) is 0 Å². The summed E-state index contributed by atoms with van der Waals surface area (Å²) in [5.41, 5.74) is 2.25. The van der Waals surface area contributed by atoms with Crippen LogP contribution in [0.25, 0.3) is 0 Å². The van der Waals surface area contributed by atoms with Gasteiger partial charge < -0.3 is 28.0 Å². The van der Waals surface area contributed by atoms with Crippen LogP contribution in [0.5, 0.6) is 0 Å². The van der Waals surface area contributed by atoms with Crippen LogP contribution in [-0.4, -0.2) is 77.3 Å². The molecule has 3 aromatic heterocycles. The molecule has 0 aliphatic rings. The second-order valence-electron chi connectivity index (χ2n) is 11.1. The van der Waals surface area contributed by atoms with Crippen LogP contribution in [0.3, 0.4) is 0 Å². The van der Waals surface area contributed by atoms with Gasteiger partial charge in [-0.25, -0.2) is 15.3 Å². The summed E-state index contributed by atoms with van der Waals surface area (Å²) in [6.07, 6.45) is 6.03. The van der Waals surface area contributed by atoms with Gasteiger partial charge in [0.05, 0.1) is 36.9 Å². The van der Waals surface area contributed by atoms with Crippen LogP contribution in [0.4, 0.5) is 0 Å². The van der Waals surface area contributed by atoms with Crippen molar-refractivity contribution >= 4 is 7.12 Å². The summed E-state index contributed by atoms with van der Waals surface area (Å²) in [5, 5.41) is 14.9. The van der Waals surface area contributed by atoms with Gasteiger partial charge in [0.15, 0.2) is 0 Å². The Kier molecular flexibility index (Phi) is 7.74. The molecule has 0 saturated heterocycles. The lowest BCUT2D eigenvalue weighted by molar-refractivity contribution is 0.144. The van der Waals surface area contributed by atoms with E-state index in [0.29, 0.717) is 19.8 Å². The van der Waals surface area contributed by atoms with Crippen molar-refractivity contribution in [3.63, 3.8) is 0 Å². The lowest BCUT2D eigenvalue weighted by Crippen LogP contribution is -2.44. The maximum atomic E-state index is 5.43. The number of rotatable bonds is 12. The van der Waals surface area contributed by atoms with E-state index in [4.69, 9.17) is 29.5 Å². The molecule has 0 saturated carbocycles. The Labute approximate surface area is 203 Å². The SMILES string of the molecule is COCC(C)(C)c1ccn([BH-](n2ccc(C(C)(C)COC)n2)n2ccc(C(C)(C)COC)n2)n1. The number of ether oxygens (including phenoxy) is 3. The summed E-state index contributed by atoms with van der Waals surface area (Å²) in [5.74, 6) is 0. The minimum Gasteiger partial charge on any atom is -0.403 e. The highest BCUT2D eigenvalue weighted by atomic mass is 16.5. The molecule has 0 spiro atoms. The molecule has 9 nitrogen and oxygen atoms in total. The number of methoxy groups -OCH3 is 3. The Bertz CT molecular complexity index is 935. The van der Waals surface area contributed by atoms with Gasteiger partial charge in [-0.2, -0.15) is 0 Å². The molecular formula is C24H40BN6O3-. The first-order valence-corrected chi connectivity index (χ1v) is 11.8. The molecule has 10 heteroatoms. The van der Waals surface area contributed by atoms with Gasteiger partial charge in [-0.1, -0.05) is 41.5 Å². The van der Waals surface area contributed by atoms with Crippen LogP contribution in [0.1, 0.15) is 58.6 Å². The standard InChI is InChI=1S/C24H40BN6O3/c1-22(2,16-32-7)19-10-13-29(26-19)25(30-14-11-20(27-30)23(3,4)17-33-8)31-15-12-21(28-31)24(5,6)18-34-9/h10-15,25H,16-18H2,1-9H3/q-1. The van der Waals surface area contributed by atoms with Gasteiger partial charge in [-0.05, 0) is 36.8 Å². The third-order valence-corrected chi connectivity index (χ3v) is 6.39. The second-order valence-corrected chi connectivity index (χ2v) is 11.1. The summed E-state index contributed by atoms with van der Waals surface area (Å²) < 4.78 is 22.2. The Morgan fingerprint density at radius 1 is 0.588 bits per heavy atom. The highest BCUT2D eigenvalue weighted by Gasteiger charge is 2.28. The molecule has 188 valence electrons. The van der Waals surface area contributed by atoms with Crippen molar-refractivity contribution in [1.29, 1.82) is 0 Å². The topological polar surface area (TPSA) is 81.2 Å². The third-order valence-electron chi connectivity index (χ3n) is 6.39. The smallest absolute Gasteiger partial charge is 0.326 e. The summed E-state index contributed by atoms with van der Waals surface area (Å²) in [4.78, 5) is 0. The quantitative estimate of drug-likeness (QED) is 0.378. The van der Waals surface area contributed by atoms with E-state index in [0.717, 1.165) is 17.1 Å². The number of nitrogens with zero attached hydrogens (tertiary/aromatic N) is 6. The lowest BCUT2D eigenvalue weighted by atomic mass is 9.91. The zero-order chi connectivity index (χ0) is 25.1. The molecule has 0 atom stereocenters. The molecule has 0 aliphatic heterocycles. The third kappa shape index (κ3) is 5.45. The van der Waals surface area contributed by atoms with Crippen LogP contribution in [-0.2, 0) is 30.5 Å². The number of hydrogen-bond acceptors (Lipinski definition) is 6. The van der Waals surface area contributed by atoms with Crippen molar-refractivity contribution in [2.75, 3.05) is 41.2 Å². The molecule has 0 amide bonds. The Morgan fingerprint density at radius 3 is 1.09 bits per heavy atom. The molecule has 3 rings (SSSR count).